The molecule has 2 aromatic rings. The molecule has 0 aliphatic heterocycles. The molecule has 0 radical (unpaired) electrons. The number of aromatic nitrogens is 1. The van der Waals surface area contributed by atoms with Crippen molar-refractivity contribution in [2.24, 2.45) is 5.92 Å². The van der Waals surface area contributed by atoms with Gasteiger partial charge in [-0.1, -0.05) is 43.5 Å². The number of hydrogen-bond donors (Lipinski definition) is 1. The van der Waals surface area contributed by atoms with E-state index in [4.69, 9.17) is 0 Å². The van der Waals surface area contributed by atoms with Crippen LogP contribution in [0.25, 0.3) is 10.9 Å². The number of fused-ring (bicyclic) bond motifs is 1. The van der Waals surface area contributed by atoms with Gasteiger partial charge in [0, 0.05) is 24.2 Å². The Morgan fingerprint density at radius 3 is 2.89 bits per heavy atom. The zero-order valence-corrected chi connectivity index (χ0v) is 11.6. The number of nitrogens with zero attached hydrogens (tertiary/aromatic N) is 1. The van der Waals surface area contributed by atoms with Gasteiger partial charge >= 0.3 is 0 Å². The van der Waals surface area contributed by atoms with Crippen LogP contribution in [0.4, 0.5) is 0 Å². The van der Waals surface area contributed by atoms with Crippen molar-refractivity contribution in [1.82, 2.24) is 10.3 Å². The molecule has 1 fully saturated rings. The maximum atomic E-state index is 4.51. The van der Waals surface area contributed by atoms with Crippen molar-refractivity contribution in [2.45, 2.75) is 45.2 Å². The van der Waals surface area contributed by atoms with Crippen LogP contribution in [0.5, 0.6) is 0 Å². The molecule has 19 heavy (non-hydrogen) atoms. The van der Waals surface area contributed by atoms with Crippen molar-refractivity contribution in [2.75, 3.05) is 0 Å². The van der Waals surface area contributed by atoms with Crippen LogP contribution in [0.15, 0.2) is 36.5 Å². The van der Waals surface area contributed by atoms with Crippen LogP contribution in [0.3, 0.4) is 0 Å². The highest BCUT2D eigenvalue weighted by Crippen LogP contribution is 2.30. The van der Waals surface area contributed by atoms with Crippen LogP contribution in [0, 0.1) is 5.92 Å². The summed E-state index contributed by atoms with van der Waals surface area (Å²) in [5.74, 6) is 0.966. The van der Waals surface area contributed by atoms with Crippen molar-refractivity contribution in [1.29, 1.82) is 0 Å². The molecular weight excluding hydrogens is 232 g/mol. The molecule has 0 saturated heterocycles. The van der Waals surface area contributed by atoms with E-state index in [2.05, 4.69) is 41.5 Å². The molecule has 0 spiro atoms. The molecule has 1 saturated carbocycles. The summed E-state index contributed by atoms with van der Waals surface area (Å²) in [6.45, 7) is 3.22. The van der Waals surface area contributed by atoms with Gasteiger partial charge in [0.1, 0.15) is 0 Å². The molecule has 1 atom stereocenters. The summed E-state index contributed by atoms with van der Waals surface area (Å²) in [7, 11) is 0. The first-order chi connectivity index (χ1) is 9.33. The smallest absolute Gasteiger partial charge is 0.0746 e. The van der Waals surface area contributed by atoms with Crippen LogP contribution < -0.4 is 5.32 Å². The lowest BCUT2D eigenvalue weighted by atomic mass is 9.81. The van der Waals surface area contributed by atoms with Gasteiger partial charge in [0.25, 0.3) is 0 Å². The van der Waals surface area contributed by atoms with Gasteiger partial charge in [-0.05, 0) is 30.9 Å². The van der Waals surface area contributed by atoms with Crippen molar-refractivity contribution in [3.8, 4) is 0 Å². The molecule has 1 aromatic carbocycles. The Morgan fingerprint density at radius 1 is 1.26 bits per heavy atom. The molecule has 100 valence electrons. The molecular formula is C17H22N2. The highest BCUT2D eigenvalue weighted by atomic mass is 14.9. The summed E-state index contributed by atoms with van der Waals surface area (Å²) in [6.07, 6.45) is 7.50. The van der Waals surface area contributed by atoms with Gasteiger partial charge in [0.15, 0.2) is 0 Å². The number of benzene rings is 1. The molecule has 0 amide bonds. The largest absolute Gasteiger partial charge is 0.310 e. The first-order valence-electron chi connectivity index (χ1n) is 7.39. The minimum Gasteiger partial charge on any atom is -0.310 e. The van der Waals surface area contributed by atoms with E-state index < -0.39 is 0 Å². The van der Waals surface area contributed by atoms with E-state index in [1.165, 1.54) is 36.6 Å². The SMILES string of the molecule is CC(CC1CCC1)NCc1cccc2cccnc12. The fourth-order valence-electron chi connectivity index (χ4n) is 2.91. The summed E-state index contributed by atoms with van der Waals surface area (Å²) in [6, 6.07) is 11.2. The lowest BCUT2D eigenvalue weighted by Gasteiger charge is -2.28. The van der Waals surface area contributed by atoms with E-state index in [0.717, 1.165) is 18.0 Å². The van der Waals surface area contributed by atoms with Crippen LogP contribution in [0.1, 0.15) is 38.2 Å². The molecule has 0 bridgehead atoms. The fraction of sp³-hybridized carbons (Fsp3) is 0.471. The van der Waals surface area contributed by atoms with Crippen LogP contribution >= 0.6 is 0 Å². The first kappa shape index (κ1) is 12.6. The van der Waals surface area contributed by atoms with Gasteiger partial charge < -0.3 is 5.32 Å². The molecule has 2 nitrogen and oxygen atoms in total. The summed E-state index contributed by atoms with van der Waals surface area (Å²) in [5, 5.41) is 4.88. The van der Waals surface area contributed by atoms with E-state index in [0.29, 0.717) is 6.04 Å². The summed E-state index contributed by atoms with van der Waals surface area (Å²) in [4.78, 5) is 4.51. The van der Waals surface area contributed by atoms with Crippen LogP contribution in [-0.4, -0.2) is 11.0 Å². The first-order valence-corrected chi connectivity index (χ1v) is 7.39. The van der Waals surface area contributed by atoms with Crippen LogP contribution in [-0.2, 0) is 6.54 Å². The second-order valence-corrected chi connectivity index (χ2v) is 5.81. The summed E-state index contributed by atoms with van der Waals surface area (Å²) < 4.78 is 0. The van der Waals surface area contributed by atoms with Gasteiger partial charge in [0.05, 0.1) is 5.52 Å². The lowest BCUT2D eigenvalue weighted by molar-refractivity contribution is 0.265. The molecule has 1 aromatic heterocycles. The number of rotatable bonds is 5. The molecule has 1 aliphatic carbocycles. The molecule has 3 rings (SSSR count). The van der Waals surface area contributed by atoms with Crippen molar-refractivity contribution >= 4 is 10.9 Å². The van der Waals surface area contributed by atoms with E-state index in [9.17, 15) is 0 Å². The molecule has 1 unspecified atom stereocenters. The Balaban J connectivity index is 1.64. The van der Waals surface area contributed by atoms with Gasteiger partial charge in [-0.3, -0.25) is 4.98 Å². The highest BCUT2D eigenvalue weighted by Gasteiger charge is 2.19. The molecule has 1 N–H and O–H groups in total. The van der Waals surface area contributed by atoms with Gasteiger partial charge in [-0.25, -0.2) is 0 Å². The zero-order chi connectivity index (χ0) is 13.1. The Morgan fingerprint density at radius 2 is 2.11 bits per heavy atom. The average Bonchev–Trinajstić information content (AvgIpc) is 2.40. The molecule has 2 heteroatoms. The normalized spacial score (nSPS) is 17.3. The second-order valence-electron chi connectivity index (χ2n) is 5.81. The number of para-hydroxylation sites is 1. The second kappa shape index (κ2) is 5.70. The van der Waals surface area contributed by atoms with Crippen molar-refractivity contribution in [3.63, 3.8) is 0 Å². The maximum Gasteiger partial charge on any atom is 0.0746 e. The number of pyridine rings is 1. The van der Waals surface area contributed by atoms with Gasteiger partial charge in [-0.15, -0.1) is 0 Å². The van der Waals surface area contributed by atoms with E-state index >= 15 is 0 Å². The third-order valence-electron chi connectivity index (χ3n) is 4.27. The van der Waals surface area contributed by atoms with E-state index in [-0.39, 0.29) is 0 Å². The summed E-state index contributed by atoms with van der Waals surface area (Å²) >= 11 is 0. The van der Waals surface area contributed by atoms with Crippen LogP contribution in [0.2, 0.25) is 0 Å². The minimum atomic E-state index is 0.601. The Kier molecular flexibility index (Phi) is 3.79. The Hall–Kier alpha value is -1.41. The topological polar surface area (TPSA) is 24.9 Å². The maximum absolute atomic E-state index is 4.51. The molecule has 1 heterocycles. The fourth-order valence-corrected chi connectivity index (χ4v) is 2.91. The highest BCUT2D eigenvalue weighted by molar-refractivity contribution is 5.81. The average molecular weight is 254 g/mol. The third kappa shape index (κ3) is 2.95. The lowest BCUT2D eigenvalue weighted by Crippen LogP contribution is -2.29. The molecule has 1 aliphatic rings. The van der Waals surface area contributed by atoms with E-state index in [1.807, 2.05) is 12.3 Å². The number of hydrogen-bond acceptors (Lipinski definition) is 2. The predicted molar refractivity (Wildman–Crippen MR) is 80.0 cm³/mol. The summed E-state index contributed by atoms with van der Waals surface area (Å²) in [5.41, 5.74) is 2.44. The number of nitrogens with one attached hydrogen (secondary N) is 1. The van der Waals surface area contributed by atoms with Gasteiger partial charge in [0.2, 0.25) is 0 Å². The Labute approximate surface area is 115 Å². The Bertz CT molecular complexity index is 540. The van der Waals surface area contributed by atoms with E-state index in [1.54, 1.807) is 0 Å². The van der Waals surface area contributed by atoms with Crippen molar-refractivity contribution in [3.05, 3.63) is 42.1 Å². The van der Waals surface area contributed by atoms with Crippen molar-refractivity contribution < 1.29 is 0 Å². The third-order valence-corrected chi connectivity index (χ3v) is 4.27. The minimum absolute atomic E-state index is 0.601. The monoisotopic (exact) mass is 254 g/mol. The quantitative estimate of drug-likeness (QED) is 0.875. The standard InChI is InChI=1S/C17H22N2/c1-13(11-14-5-2-6-14)19-12-16-8-3-7-15-9-4-10-18-17(15)16/h3-4,7-10,13-14,19H,2,5-6,11-12H2,1H3. The predicted octanol–water partition coefficient (Wildman–Crippen LogP) is 3.90. The zero-order valence-electron chi connectivity index (χ0n) is 11.6. The van der Waals surface area contributed by atoms with Gasteiger partial charge in [-0.2, -0.15) is 0 Å².